The van der Waals surface area contributed by atoms with Gasteiger partial charge in [0.25, 0.3) is 0 Å². The third kappa shape index (κ3) is 2.42. The van der Waals surface area contributed by atoms with Gasteiger partial charge in [-0.25, -0.2) is 0 Å². The predicted octanol–water partition coefficient (Wildman–Crippen LogP) is 2.88. The number of Topliss-reactive ketones (excluding diaryl/α,β-unsaturated/α-hetero) is 1. The van der Waals surface area contributed by atoms with Crippen molar-refractivity contribution in [3.8, 4) is 0 Å². The highest BCUT2D eigenvalue weighted by Gasteiger charge is 2.35. The first-order valence-electron chi connectivity index (χ1n) is 6.36. The minimum absolute atomic E-state index is 0.175. The number of aryl methyl sites for hydroxylation is 2. The second kappa shape index (κ2) is 4.61. The molecule has 1 fully saturated rings. The summed E-state index contributed by atoms with van der Waals surface area (Å²) in [6.45, 7) is 8.11. The second-order valence-electron chi connectivity index (χ2n) is 5.46. The first-order chi connectivity index (χ1) is 8.03. The summed E-state index contributed by atoms with van der Waals surface area (Å²) in [5, 5.41) is 3.32. The van der Waals surface area contributed by atoms with Gasteiger partial charge < -0.3 is 5.32 Å². The van der Waals surface area contributed by atoms with Gasteiger partial charge in [0, 0.05) is 11.0 Å². The molecule has 0 atom stereocenters. The normalized spacial score (nSPS) is 19.0. The van der Waals surface area contributed by atoms with Crippen molar-refractivity contribution in [1.29, 1.82) is 0 Å². The van der Waals surface area contributed by atoms with Crippen LogP contribution in [0.2, 0.25) is 0 Å². The van der Waals surface area contributed by atoms with Gasteiger partial charge >= 0.3 is 0 Å². The third-order valence-corrected chi connectivity index (χ3v) is 3.88. The Morgan fingerprint density at radius 2 is 1.88 bits per heavy atom. The first-order valence-corrected chi connectivity index (χ1v) is 6.36. The van der Waals surface area contributed by atoms with Gasteiger partial charge in [-0.15, -0.1) is 0 Å². The lowest BCUT2D eigenvalue weighted by atomic mass is 9.74. The standard InChI is InChI=1S/C15H21NO/c1-11-4-5-13(12(2)10-11)14(17)15(3)6-8-16-9-7-15/h4-5,10,16H,6-9H2,1-3H3. The van der Waals surface area contributed by atoms with Crippen LogP contribution in [0.3, 0.4) is 0 Å². The zero-order valence-corrected chi connectivity index (χ0v) is 11.0. The van der Waals surface area contributed by atoms with Crippen LogP contribution in [-0.2, 0) is 0 Å². The molecule has 2 heteroatoms. The van der Waals surface area contributed by atoms with Crippen molar-refractivity contribution in [1.82, 2.24) is 5.32 Å². The van der Waals surface area contributed by atoms with E-state index in [4.69, 9.17) is 0 Å². The van der Waals surface area contributed by atoms with E-state index in [9.17, 15) is 4.79 Å². The average Bonchev–Trinajstić information content (AvgIpc) is 2.29. The van der Waals surface area contributed by atoms with E-state index < -0.39 is 0 Å². The van der Waals surface area contributed by atoms with E-state index in [0.29, 0.717) is 5.78 Å². The maximum Gasteiger partial charge on any atom is 0.169 e. The summed E-state index contributed by atoms with van der Waals surface area (Å²) in [7, 11) is 0. The SMILES string of the molecule is Cc1ccc(C(=O)C2(C)CCNCC2)c(C)c1. The van der Waals surface area contributed by atoms with Crippen LogP contribution in [0, 0.1) is 19.3 Å². The quantitative estimate of drug-likeness (QED) is 0.793. The van der Waals surface area contributed by atoms with Crippen molar-refractivity contribution in [2.45, 2.75) is 33.6 Å². The Hall–Kier alpha value is -1.15. The highest BCUT2D eigenvalue weighted by molar-refractivity contribution is 6.01. The van der Waals surface area contributed by atoms with Gasteiger partial charge in [0.05, 0.1) is 0 Å². The molecule has 0 saturated carbocycles. The first kappa shape index (κ1) is 12.3. The topological polar surface area (TPSA) is 29.1 Å². The van der Waals surface area contributed by atoms with Crippen molar-refractivity contribution in [2.24, 2.45) is 5.41 Å². The average molecular weight is 231 g/mol. The van der Waals surface area contributed by atoms with Crippen LogP contribution < -0.4 is 5.32 Å². The number of hydrogen-bond acceptors (Lipinski definition) is 2. The zero-order valence-electron chi connectivity index (χ0n) is 11.0. The molecule has 2 rings (SSSR count). The van der Waals surface area contributed by atoms with Crippen LogP contribution >= 0.6 is 0 Å². The van der Waals surface area contributed by atoms with Crippen LogP contribution in [0.1, 0.15) is 41.3 Å². The van der Waals surface area contributed by atoms with Crippen molar-refractivity contribution in [2.75, 3.05) is 13.1 Å². The van der Waals surface area contributed by atoms with Gasteiger partial charge in [0.1, 0.15) is 0 Å². The molecule has 0 amide bonds. The predicted molar refractivity (Wildman–Crippen MR) is 70.5 cm³/mol. The lowest BCUT2D eigenvalue weighted by Crippen LogP contribution is -2.40. The summed E-state index contributed by atoms with van der Waals surface area (Å²) in [4.78, 5) is 12.6. The fourth-order valence-electron chi connectivity index (χ4n) is 2.60. The van der Waals surface area contributed by atoms with Crippen LogP contribution in [-0.4, -0.2) is 18.9 Å². The molecule has 2 nitrogen and oxygen atoms in total. The Morgan fingerprint density at radius 3 is 2.47 bits per heavy atom. The Labute approximate surface area is 103 Å². The van der Waals surface area contributed by atoms with E-state index in [1.807, 2.05) is 19.1 Å². The zero-order chi connectivity index (χ0) is 12.5. The smallest absolute Gasteiger partial charge is 0.169 e. The summed E-state index contributed by atoms with van der Waals surface area (Å²) >= 11 is 0. The number of nitrogens with one attached hydrogen (secondary N) is 1. The minimum Gasteiger partial charge on any atom is -0.317 e. The number of piperidine rings is 1. The summed E-state index contributed by atoms with van der Waals surface area (Å²) in [5.74, 6) is 0.316. The van der Waals surface area contributed by atoms with Gasteiger partial charge in [-0.1, -0.05) is 30.7 Å². The number of hydrogen-bond donors (Lipinski definition) is 1. The fraction of sp³-hybridized carbons (Fsp3) is 0.533. The molecule has 1 heterocycles. The maximum absolute atomic E-state index is 12.6. The summed E-state index contributed by atoms with van der Waals surface area (Å²) in [6.07, 6.45) is 1.89. The van der Waals surface area contributed by atoms with Crippen LogP contribution in [0.25, 0.3) is 0 Å². The molecular weight excluding hydrogens is 210 g/mol. The number of rotatable bonds is 2. The van der Waals surface area contributed by atoms with Crippen molar-refractivity contribution >= 4 is 5.78 Å². The molecule has 0 aromatic heterocycles. The molecule has 1 aromatic carbocycles. The molecule has 1 aliphatic rings. The van der Waals surface area contributed by atoms with E-state index in [-0.39, 0.29) is 5.41 Å². The summed E-state index contributed by atoms with van der Waals surface area (Å²) in [5.41, 5.74) is 3.05. The molecule has 92 valence electrons. The van der Waals surface area contributed by atoms with Gasteiger partial charge in [-0.3, -0.25) is 4.79 Å². The van der Waals surface area contributed by atoms with E-state index in [2.05, 4.69) is 25.2 Å². The minimum atomic E-state index is -0.175. The second-order valence-corrected chi connectivity index (χ2v) is 5.46. The molecule has 1 aliphatic heterocycles. The van der Waals surface area contributed by atoms with Crippen LogP contribution in [0.5, 0.6) is 0 Å². The number of carbonyl (C=O) groups excluding carboxylic acids is 1. The van der Waals surface area contributed by atoms with Crippen molar-refractivity contribution in [3.63, 3.8) is 0 Å². The van der Waals surface area contributed by atoms with E-state index >= 15 is 0 Å². The van der Waals surface area contributed by atoms with Gasteiger partial charge in [-0.05, 0) is 45.3 Å². The molecule has 0 spiro atoms. The molecule has 17 heavy (non-hydrogen) atoms. The Bertz CT molecular complexity index is 431. The Kier molecular flexibility index (Phi) is 3.34. The molecule has 0 radical (unpaired) electrons. The largest absolute Gasteiger partial charge is 0.317 e. The van der Waals surface area contributed by atoms with Crippen LogP contribution in [0.15, 0.2) is 18.2 Å². The van der Waals surface area contributed by atoms with Gasteiger partial charge in [0.2, 0.25) is 0 Å². The Balaban J connectivity index is 2.30. The molecule has 0 aliphatic carbocycles. The van der Waals surface area contributed by atoms with Crippen LogP contribution in [0.4, 0.5) is 0 Å². The van der Waals surface area contributed by atoms with E-state index in [0.717, 1.165) is 37.1 Å². The van der Waals surface area contributed by atoms with Crippen molar-refractivity contribution in [3.05, 3.63) is 34.9 Å². The molecule has 1 N–H and O–H groups in total. The lowest BCUT2D eigenvalue weighted by Gasteiger charge is -2.33. The summed E-state index contributed by atoms with van der Waals surface area (Å²) < 4.78 is 0. The number of benzene rings is 1. The van der Waals surface area contributed by atoms with Gasteiger partial charge in [-0.2, -0.15) is 0 Å². The lowest BCUT2D eigenvalue weighted by molar-refractivity contribution is 0.0761. The molecule has 1 aromatic rings. The maximum atomic E-state index is 12.6. The van der Waals surface area contributed by atoms with E-state index in [1.54, 1.807) is 0 Å². The Morgan fingerprint density at radius 1 is 1.24 bits per heavy atom. The van der Waals surface area contributed by atoms with E-state index in [1.165, 1.54) is 5.56 Å². The highest BCUT2D eigenvalue weighted by atomic mass is 16.1. The molecular formula is C15H21NO. The molecule has 0 bridgehead atoms. The van der Waals surface area contributed by atoms with Crippen molar-refractivity contribution < 1.29 is 4.79 Å². The number of ketones is 1. The fourth-order valence-corrected chi connectivity index (χ4v) is 2.60. The molecule has 1 saturated heterocycles. The number of carbonyl (C=O) groups is 1. The molecule has 0 unspecified atom stereocenters. The summed E-state index contributed by atoms with van der Waals surface area (Å²) in [6, 6.07) is 6.11. The third-order valence-electron chi connectivity index (χ3n) is 3.88. The monoisotopic (exact) mass is 231 g/mol. The highest BCUT2D eigenvalue weighted by Crippen LogP contribution is 2.33. The van der Waals surface area contributed by atoms with Gasteiger partial charge in [0.15, 0.2) is 5.78 Å².